The van der Waals surface area contributed by atoms with Gasteiger partial charge >= 0.3 is 0 Å². The average Bonchev–Trinajstić information content (AvgIpc) is 2.93. The maximum Gasteiger partial charge on any atom is 0.270 e. The number of carbonyl (C=O) groups excluding carboxylic acids is 1. The molecule has 0 aromatic heterocycles. The summed E-state index contributed by atoms with van der Waals surface area (Å²) in [5, 5.41) is 1.02. The van der Waals surface area contributed by atoms with Gasteiger partial charge in [-0.1, -0.05) is 47.2 Å². The second kappa shape index (κ2) is 9.18. The fourth-order valence-electron chi connectivity index (χ4n) is 2.65. The van der Waals surface area contributed by atoms with Gasteiger partial charge < -0.3 is 9.47 Å². The molecule has 1 aliphatic heterocycles. The number of carbonyl (C=O) groups is 1. The quantitative estimate of drug-likeness (QED) is 0.384. The molecule has 8 heteroatoms. The molecule has 0 bridgehead atoms. The summed E-state index contributed by atoms with van der Waals surface area (Å²) in [6.45, 7) is 4.70. The zero-order chi connectivity index (χ0) is 20.3. The molecule has 146 valence electrons. The zero-order valence-corrected chi connectivity index (χ0v) is 18.3. The van der Waals surface area contributed by atoms with Crippen LogP contribution in [0.4, 0.5) is 5.69 Å². The van der Waals surface area contributed by atoms with Gasteiger partial charge in [-0.25, -0.2) is 0 Å². The Morgan fingerprint density at radius 1 is 1.11 bits per heavy atom. The predicted octanol–water partition coefficient (Wildman–Crippen LogP) is 6.20. The average molecular weight is 454 g/mol. The van der Waals surface area contributed by atoms with Crippen LogP contribution < -0.4 is 14.4 Å². The van der Waals surface area contributed by atoms with Gasteiger partial charge in [0.05, 0.1) is 28.8 Å². The fraction of sp³-hybridized carbons (Fsp3) is 0.200. The number of benzene rings is 2. The molecule has 0 N–H and O–H groups in total. The van der Waals surface area contributed by atoms with Gasteiger partial charge in [0.25, 0.3) is 5.91 Å². The van der Waals surface area contributed by atoms with E-state index < -0.39 is 0 Å². The van der Waals surface area contributed by atoms with E-state index in [0.29, 0.717) is 49.7 Å². The minimum absolute atomic E-state index is 0.194. The zero-order valence-electron chi connectivity index (χ0n) is 15.2. The summed E-state index contributed by atoms with van der Waals surface area (Å²) in [6.07, 6.45) is 1.75. The van der Waals surface area contributed by atoms with Crippen LogP contribution >= 0.6 is 47.2 Å². The van der Waals surface area contributed by atoms with Gasteiger partial charge in [0.2, 0.25) is 0 Å². The van der Waals surface area contributed by atoms with Crippen LogP contribution in [0.2, 0.25) is 10.0 Å². The van der Waals surface area contributed by atoms with Crippen molar-refractivity contribution in [3.8, 4) is 11.5 Å². The van der Waals surface area contributed by atoms with Crippen LogP contribution in [0.25, 0.3) is 6.08 Å². The van der Waals surface area contributed by atoms with Crippen LogP contribution in [0.1, 0.15) is 19.4 Å². The Bertz CT molecular complexity index is 945. The molecule has 1 fully saturated rings. The molecule has 0 unspecified atom stereocenters. The number of rotatable bonds is 6. The molecule has 0 saturated carbocycles. The first kappa shape index (κ1) is 21.0. The summed E-state index contributed by atoms with van der Waals surface area (Å²) >= 11 is 18.9. The van der Waals surface area contributed by atoms with Crippen LogP contribution in [0, 0.1) is 0 Å². The number of halogens is 2. The second-order valence-corrected chi connectivity index (χ2v) is 8.21. The third-order valence-corrected chi connectivity index (χ3v) is 5.63. The highest BCUT2D eigenvalue weighted by molar-refractivity contribution is 8.27. The van der Waals surface area contributed by atoms with Crippen molar-refractivity contribution >= 4 is 69.2 Å². The van der Waals surface area contributed by atoms with Gasteiger partial charge in [-0.2, -0.15) is 0 Å². The lowest BCUT2D eigenvalue weighted by Gasteiger charge is -2.14. The molecule has 2 aromatic carbocycles. The number of amides is 1. The molecule has 1 saturated heterocycles. The summed E-state index contributed by atoms with van der Waals surface area (Å²) in [6, 6.07) is 10.5. The number of thiocarbonyl (C=S) groups is 1. The Balaban J connectivity index is 1.94. The van der Waals surface area contributed by atoms with Crippen molar-refractivity contribution < 1.29 is 14.3 Å². The van der Waals surface area contributed by atoms with Crippen LogP contribution in [0.15, 0.2) is 41.3 Å². The molecule has 28 heavy (non-hydrogen) atoms. The van der Waals surface area contributed by atoms with Crippen LogP contribution in [0.3, 0.4) is 0 Å². The number of ether oxygens (including phenoxy) is 2. The highest BCUT2D eigenvalue weighted by atomic mass is 35.5. The smallest absolute Gasteiger partial charge is 0.270 e. The van der Waals surface area contributed by atoms with Crippen LogP contribution in [-0.4, -0.2) is 23.4 Å². The molecule has 1 amide bonds. The van der Waals surface area contributed by atoms with Crippen molar-refractivity contribution in [2.75, 3.05) is 18.1 Å². The highest BCUT2D eigenvalue weighted by Crippen LogP contribution is 2.40. The molecule has 1 heterocycles. The summed E-state index contributed by atoms with van der Waals surface area (Å²) < 4.78 is 11.7. The fourth-order valence-corrected chi connectivity index (χ4v) is 4.35. The molecule has 0 spiro atoms. The Kier molecular flexibility index (Phi) is 6.88. The van der Waals surface area contributed by atoms with E-state index in [2.05, 4.69) is 0 Å². The van der Waals surface area contributed by atoms with E-state index in [1.54, 1.807) is 42.5 Å². The summed E-state index contributed by atoms with van der Waals surface area (Å²) in [5.74, 6) is 0.841. The van der Waals surface area contributed by atoms with Crippen LogP contribution in [0.5, 0.6) is 11.5 Å². The largest absolute Gasteiger partial charge is 0.490 e. The third-order valence-electron chi connectivity index (χ3n) is 3.80. The van der Waals surface area contributed by atoms with Crippen molar-refractivity contribution in [2.45, 2.75) is 13.8 Å². The minimum atomic E-state index is -0.194. The molecule has 0 atom stereocenters. The van der Waals surface area contributed by atoms with Crippen molar-refractivity contribution in [1.29, 1.82) is 0 Å². The van der Waals surface area contributed by atoms with E-state index in [9.17, 15) is 4.79 Å². The number of anilines is 1. The monoisotopic (exact) mass is 453 g/mol. The number of nitrogens with zero attached hydrogens (tertiary/aromatic N) is 1. The van der Waals surface area contributed by atoms with Gasteiger partial charge in [-0.15, -0.1) is 0 Å². The van der Waals surface area contributed by atoms with Crippen molar-refractivity contribution in [1.82, 2.24) is 0 Å². The maximum atomic E-state index is 12.9. The van der Waals surface area contributed by atoms with Crippen molar-refractivity contribution in [3.05, 3.63) is 56.9 Å². The molecular weight excluding hydrogens is 437 g/mol. The maximum absolute atomic E-state index is 12.9. The van der Waals surface area contributed by atoms with E-state index in [4.69, 9.17) is 44.9 Å². The van der Waals surface area contributed by atoms with E-state index in [1.165, 1.54) is 16.7 Å². The topological polar surface area (TPSA) is 38.8 Å². The lowest BCUT2D eigenvalue weighted by Crippen LogP contribution is -2.27. The molecule has 0 aliphatic carbocycles. The van der Waals surface area contributed by atoms with Gasteiger partial charge in [0.15, 0.2) is 15.8 Å². The number of thioether (sulfide) groups is 1. The highest BCUT2D eigenvalue weighted by Gasteiger charge is 2.33. The summed E-state index contributed by atoms with van der Waals surface area (Å²) in [5.41, 5.74) is 1.41. The molecule has 0 radical (unpaired) electrons. The number of hydrogen-bond donors (Lipinski definition) is 0. The van der Waals surface area contributed by atoms with Crippen molar-refractivity contribution in [3.63, 3.8) is 0 Å². The minimum Gasteiger partial charge on any atom is -0.490 e. The Morgan fingerprint density at radius 3 is 2.43 bits per heavy atom. The normalized spacial score (nSPS) is 15.4. The van der Waals surface area contributed by atoms with E-state index >= 15 is 0 Å². The van der Waals surface area contributed by atoms with E-state index in [-0.39, 0.29) is 5.91 Å². The van der Waals surface area contributed by atoms with Crippen LogP contribution in [-0.2, 0) is 4.79 Å². The molecule has 1 aliphatic rings. The van der Waals surface area contributed by atoms with E-state index in [0.717, 1.165) is 5.56 Å². The number of hydrogen-bond acceptors (Lipinski definition) is 5. The van der Waals surface area contributed by atoms with Gasteiger partial charge in [0, 0.05) is 5.02 Å². The summed E-state index contributed by atoms with van der Waals surface area (Å²) in [7, 11) is 0. The van der Waals surface area contributed by atoms with E-state index in [1.807, 2.05) is 13.8 Å². The lowest BCUT2D eigenvalue weighted by molar-refractivity contribution is -0.113. The Labute approximate surface area is 183 Å². The standard InChI is InChI=1S/C20H17Cl2NO3S2/c1-3-25-16-10-12(9-15(22)18(16)26-4-2)11-17-19(24)23(20(27)28-17)14-7-5-13(21)6-8-14/h5-11H,3-4H2,1-2H3/b17-11-. The molecular formula is C20H17Cl2NO3S2. The first-order chi connectivity index (χ1) is 13.4. The lowest BCUT2D eigenvalue weighted by atomic mass is 10.1. The SMILES string of the molecule is CCOc1cc(/C=C2\SC(=S)N(c3ccc(Cl)cc3)C2=O)cc(Cl)c1OCC. The van der Waals surface area contributed by atoms with Gasteiger partial charge in [-0.05, 0) is 61.9 Å². The Hall–Kier alpha value is -1.73. The Morgan fingerprint density at radius 2 is 1.79 bits per heavy atom. The molecule has 2 aromatic rings. The van der Waals surface area contributed by atoms with Gasteiger partial charge in [-0.3, -0.25) is 9.69 Å². The first-order valence-corrected chi connectivity index (χ1v) is 10.5. The molecule has 3 rings (SSSR count). The molecule has 4 nitrogen and oxygen atoms in total. The summed E-state index contributed by atoms with van der Waals surface area (Å²) in [4.78, 5) is 14.9. The van der Waals surface area contributed by atoms with Crippen molar-refractivity contribution in [2.24, 2.45) is 0 Å². The first-order valence-electron chi connectivity index (χ1n) is 8.57. The predicted molar refractivity (Wildman–Crippen MR) is 121 cm³/mol. The van der Waals surface area contributed by atoms with Gasteiger partial charge in [0.1, 0.15) is 0 Å². The second-order valence-electron chi connectivity index (χ2n) is 5.69. The third kappa shape index (κ3) is 4.46.